The van der Waals surface area contributed by atoms with Crippen LogP contribution in [-0.2, 0) is 4.79 Å². The predicted molar refractivity (Wildman–Crippen MR) is 87.3 cm³/mol. The van der Waals surface area contributed by atoms with Crippen LogP contribution in [0.3, 0.4) is 0 Å². The summed E-state index contributed by atoms with van der Waals surface area (Å²) in [4.78, 5) is 24.2. The maximum absolute atomic E-state index is 12.3. The highest BCUT2D eigenvalue weighted by Gasteiger charge is 2.20. The molecule has 0 saturated heterocycles. The number of rotatable bonds is 6. The second kappa shape index (κ2) is 7.64. The monoisotopic (exact) mass is 357 g/mol. The number of aromatic nitrogens is 1. The molecule has 2 N–H and O–H groups in total. The van der Waals surface area contributed by atoms with Crippen LogP contribution in [0, 0.1) is 5.92 Å². The van der Waals surface area contributed by atoms with Crippen molar-refractivity contribution in [3.63, 3.8) is 0 Å². The van der Waals surface area contributed by atoms with Gasteiger partial charge in [0.25, 0.3) is 5.91 Å². The lowest BCUT2D eigenvalue weighted by Gasteiger charge is -2.17. The molecule has 0 saturated carbocycles. The van der Waals surface area contributed by atoms with Crippen molar-refractivity contribution in [1.82, 2.24) is 15.2 Å². The first-order valence-electron chi connectivity index (χ1n) is 7.18. The SMILES string of the molecule is CC(C)CNC(=O)C(C)NC(=O)c1cc(Br)cn1C(C)C. The van der Waals surface area contributed by atoms with Crippen molar-refractivity contribution in [2.24, 2.45) is 5.92 Å². The highest BCUT2D eigenvalue weighted by atomic mass is 79.9. The number of carbonyl (C=O) groups is 2. The molecule has 0 radical (unpaired) electrons. The Bertz CT molecular complexity index is 509. The Hall–Kier alpha value is -1.30. The number of nitrogens with zero attached hydrogens (tertiary/aromatic N) is 1. The van der Waals surface area contributed by atoms with Gasteiger partial charge < -0.3 is 15.2 Å². The van der Waals surface area contributed by atoms with Crippen LogP contribution in [0.4, 0.5) is 0 Å². The van der Waals surface area contributed by atoms with Crippen molar-refractivity contribution in [1.29, 1.82) is 0 Å². The first kappa shape index (κ1) is 17.8. The quantitative estimate of drug-likeness (QED) is 0.821. The summed E-state index contributed by atoms with van der Waals surface area (Å²) in [6, 6.07) is 1.36. The summed E-state index contributed by atoms with van der Waals surface area (Å²) >= 11 is 3.38. The fraction of sp³-hybridized carbons (Fsp3) is 0.600. The Labute approximate surface area is 134 Å². The molecule has 0 aliphatic carbocycles. The molecule has 118 valence electrons. The van der Waals surface area contributed by atoms with Crippen molar-refractivity contribution in [3.05, 3.63) is 22.4 Å². The van der Waals surface area contributed by atoms with E-state index in [-0.39, 0.29) is 17.9 Å². The molecule has 1 atom stereocenters. The maximum Gasteiger partial charge on any atom is 0.268 e. The van der Waals surface area contributed by atoms with E-state index in [4.69, 9.17) is 0 Å². The van der Waals surface area contributed by atoms with Gasteiger partial charge in [0.1, 0.15) is 11.7 Å². The van der Waals surface area contributed by atoms with E-state index in [1.54, 1.807) is 13.0 Å². The summed E-state index contributed by atoms with van der Waals surface area (Å²) in [6.07, 6.45) is 1.86. The van der Waals surface area contributed by atoms with Gasteiger partial charge in [-0.3, -0.25) is 9.59 Å². The first-order valence-corrected chi connectivity index (χ1v) is 7.97. The van der Waals surface area contributed by atoms with Gasteiger partial charge in [-0.05, 0) is 48.7 Å². The van der Waals surface area contributed by atoms with Crippen LogP contribution in [0.25, 0.3) is 0 Å². The van der Waals surface area contributed by atoms with E-state index in [0.717, 1.165) is 4.47 Å². The van der Waals surface area contributed by atoms with Crippen molar-refractivity contribution >= 4 is 27.7 Å². The van der Waals surface area contributed by atoms with Crippen LogP contribution in [0.15, 0.2) is 16.7 Å². The number of amides is 2. The summed E-state index contributed by atoms with van der Waals surface area (Å²) in [6.45, 7) is 10.3. The standard InChI is InChI=1S/C15H24BrN3O2/c1-9(2)7-17-14(20)11(5)18-15(21)13-6-12(16)8-19(13)10(3)4/h6,8-11H,7H2,1-5H3,(H,17,20)(H,18,21). The van der Waals surface area contributed by atoms with Gasteiger partial charge in [0, 0.05) is 23.3 Å². The van der Waals surface area contributed by atoms with Gasteiger partial charge in [-0.1, -0.05) is 13.8 Å². The summed E-state index contributed by atoms with van der Waals surface area (Å²) in [5, 5.41) is 5.55. The molecule has 0 aliphatic heterocycles. The minimum absolute atomic E-state index is 0.168. The Morgan fingerprint density at radius 2 is 1.86 bits per heavy atom. The molecule has 1 unspecified atom stereocenters. The molecule has 0 spiro atoms. The van der Waals surface area contributed by atoms with Crippen molar-refractivity contribution in [3.8, 4) is 0 Å². The van der Waals surface area contributed by atoms with Crippen LogP contribution in [-0.4, -0.2) is 29.0 Å². The Balaban J connectivity index is 2.70. The third kappa shape index (κ3) is 5.19. The van der Waals surface area contributed by atoms with E-state index in [2.05, 4.69) is 26.6 Å². The molecule has 5 nitrogen and oxygen atoms in total. The summed E-state index contributed by atoms with van der Waals surface area (Å²) in [5.41, 5.74) is 0.542. The fourth-order valence-electron chi connectivity index (χ4n) is 1.85. The van der Waals surface area contributed by atoms with Crippen molar-refractivity contribution in [2.75, 3.05) is 6.54 Å². The minimum Gasteiger partial charge on any atom is -0.354 e. The molecular formula is C15H24BrN3O2. The Kier molecular flexibility index (Phi) is 6.45. The third-order valence-electron chi connectivity index (χ3n) is 3.03. The number of hydrogen-bond donors (Lipinski definition) is 2. The molecule has 1 heterocycles. The second-order valence-corrected chi connectivity index (χ2v) is 6.79. The van der Waals surface area contributed by atoms with E-state index in [1.165, 1.54) is 0 Å². The largest absolute Gasteiger partial charge is 0.354 e. The van der Waals surface area contributed by atoms with E-state index >= 15 is 0 Å². The summed E-state index contributed by atoms with van der Waals surface area (Å²) < 4.78 is 2.72. The van der Waals surface area contributed by atoms with Crippen LogP contribution in [0.2, 0.25) is 0 Å². The van der Waals surface area contributed by atoms with E-state index in [1.807, 2.05) is 38.5 Å². The molecular weight excluding hydrogens is 334 g/mol. The van der Waals surface area contributed by atoms with Gasteiger partial charge in [-0.2, -0.15) is 0 Å². The number of nitrogens with one attached hydrogen (secondary N) is 2. The molecule has 0 aliphatic rings. The average Bonchev–Trinajstić information content (AvgIpc) is 2.78. The predicted octanol–water partition coefficient (Wildman–Crippen LogP) is 2.72. The first-order chi connectivity index (χ1) is 9.72. The lowest BCUT2D eigenvalue weighted by molar-refractivity contribution is -0.122. The van der Waals surface area contributed by atoms with Crippen LogP contribution < -0.4 is 10.6 Å². The van der Waals surface area contributed by atoms with Gasteiger partial charge in [-0.15, -0.1) is 0 Å². The van der Waals surface area contributed by atoms with Crippen LogP contribution in [0.1, 0.15) is 51.1 Å². The second-order valence-electron chi connectivity index (χ2n) is 5.88. The van der Waals surface area contributed by atoms with Crippen LogP contribution in [0.5, 0.6) is 0 Å². The van der Waals surface area contributed by atoms with Gasteiger partial charge in [0.15, 0.2) is 0 Å². The number of hydrogen-bond acceptors (Lipinski definition) is 2. The maximum atomic E-state index is 12.3. The normalized spacial score (nSPS) is 12.6. The van der Waals surface area contributed by atoms with Gasteiger partial charge in [-0.25, -0.2) is 0 Å². The smallest absolute Gasteiger partial charge is 0.268 e. The Morgan fingerprint density at radius 1 is 1.24 bits per heavy atom. The molecule has 1 aromatic rings. The highest BCUT2D eigenvalue weighted by Crippen LogP contribution is 2.19. The zero-order valence-corrected chi connectivity index (χ0v) is 14.8. The highest BCUT2D eigenvalue weighted by molar-refractivity contribution is 9.10. The van der Waals surface area contributed by atoms with E-state index < -0.39 is 6.04 Å². The minimum atomic E-state index is -0.564. The number of carbonyl (C=O) groups excluding carboxylic acids is 2. The molecule has 0 bridgehead atoms. The molecule has 0 aromatic carbocycles. The molecule has 6 heteroatoms. The lowest BCUT2D eigenvalue weighted by atomic mass is 10.2. The third-order valence-corrected chi connectivity index (χ3v) is 3.46. The van der Waals surface area contributed by atoms with E-state index in [0.29, 0.717) is 18.2 Å². The zero-order valence-electron chi connectivity index (χ0n) is 13.2. The van der Waals surface area contributed by atoms with E-state index in [9.17, 15) is 9.59 Å². The van der Waals surface area contributed by atoms with Crippen molar-refractivity contribution in [2.45, 2.75) is 46.7 Å². The number of halogens is 1. The lowest BCUT2D eigenvalue weighted by Crippen LogP contribution is -2.46. The average molecular weight is 358 g/mol. The van der Waals surface area contributed by atoms with Crippen molar-refractivity contribution < 1.29 is 9.59 Å². The summed E-state index contributed by atoms with van der Waals surface area (Å²) in [5.74, 6) is -0.0358. The zero-order chi connectivity index (χ0) is 16.2. The molecule has 1 rings (SSSR count). The van der Waals surface area contributed by atoms with Gasteiger partial charge >= 0.3 is 0 Å². The Morgan fingerprint density at radius 3 is 2.38 bits per heavy atom. The molecule has 1 aromatic heterocycles. The van der Waals surface area contributed by atoms with Gasteiger partial charge in [0.2, 0.25) is 5.91 Å². The fourth-order valence-corrected chi connectivity index (χ4v) is 2.29. The molecule has 0 fully saturated rings. The van der Waals surface area contributed by atoms with Crippen LogP contribution >= 0.6 is 15.9 Å². The van der Waals surface area contributed by atoms with Gasteiger partial charge in [0.05, 0.1) is 0 Å². The molecule has 2 amide bonds. The molecule has 21 heavy (non-hydrogen) atoms. The summed E-state index contributed by atoms with van der Waals surface area (Å²) in [7, 11) is 0. The topological polar surface area (TPSA) is 63.1 Å².